The Bertz CT molecular complexity index is 542. The molecule has 2 aromatic rings. The number of benzene rings is 1. The summed E-state index contributed by atoms with van der Waals surface area (Å²) in [5.41, 5.74) is 1.35. The number of rotatable bonds is 6. The van der Waals surface area contributed by atoms with Gasteiger partial charge in [-0.25, -0.2) is 4.39 Å². The number of pyridine rings is 1. The van der Waals surface area contributed by atoms with Crippen LogP contribution in [0.4, 0.5) is 4.39 Å². The fourth-order valence-electron chi connectivity index (χ4n) is 2.05. The van der Waals surface area contributed by atoms with Gasteiger partial charge in [0.2, 0.25) is 0 Å². The largest absolute Gasteiger partial charge is 0.494 e. The fraction of sp³-hybridized carbons (Fsp3) is 0.312. The zero-order valence-corrected chi connectivity index (χ0v) is 11.8. The van der Waals surface area contributed by atoms with Crippen LogP contribution in [-0.2, 0) is 0 Å². The minimum absolute atomic E-state index is 0.267. The zero-order valence-electron chi connectivity index (χ0n) is 11.8. The van der Waals surface area contributed by atoms with Gasteiger partial charge in [0.1, 0.15) is 11.6 Å². The molecule has 106 valence electrons. The summed E-state index contributed by atoms with van der Waals surface area (Å²) < 4.78 is 19.4. The summed E-state index contributed by atoms with van der Waals surface area (Å²) in [4.78, 5) is 4.13. The number of hydrogen-bond acceptors (Lipinski definition) is 3. The van der Waals surface area contributed by atoms with Gasteiger partial charge in [-0.15, -0.1) is 0 Å². The maximum absolute atomic E-state index is 13.8. The van der Waals surface area contributed by atoms with Crippen LogP contribution in [-0.4, -0.2) is 18.6 Å². The van der Waals surface area contributed by atoms with Crippen molar-refractivity contribution in [1.82, 2.24) is 10.3 Å². The van der Waals surface area contributed by atoms with Gasteiger partial charge in [0.25, 0.3) is 0 Å². The average Bonchev–Trinajstić information content (AvgIpc) is 2.49. The van der Waals surface area contributed by atoms with E-state index in [9.17, 15) is 4.39 Å². The van der Waals surface area contributed by atoms with Crippen LogP contribution in [0.25, 0.3) is 0 Å². The van der Waals surface area contributed by atoms with Crippen molar-refractivity contribution in [2.45, 2.75) is 19.4 Å². The van der Waals surface area contributed by atoms with Crippen LogP contribution in [0, 0.1) is 5.82 Å². The van der Waals surface area contributed by atoms with Crippen molar-refractivity contribution in [3.8, 4) is 5.75 Å². The van der Waals surface area contributed by atoms with Gasteiger partial charge in [-0.2, -0.15) is 0 Å². The highest BCUT2D eigenvalue weighted by Crippen LogP contribution is 2.24. The van der Waals surface area contributed by atoms with E-state index < -0.39 is 0 Å². The number of nitrogens with zero attached hydrogens (tertiary/aromatic N) is 1. The Morgan fingerprint density at radius 3 is 2.60 bits per heavy atom. The van der Waals surface area contributed by atoms with E-state index in [1.54, 1.807) is 19.3 Å². The van der Waals surface area contributed by atoms with Crippen molar-refractivity contribution in [2.75, 3.05) is 13.7 Å². The molecule has 0 amide bonds. The van der Waals surface area contributed by atoms with E-state index in [0.717, 1.165) is 17.7 Å². The Kier molecular flexibility index (Phi) is 5.07. The number of ether oxygens (including phenoxy) is 1. The van der Waals surface area contributed by atoms with E-state index in [1.807, 2.05) is 24.3 Å². The number of hydrogen-bond donors (Lipinski definition) is 1. The Hall–Kier alpha value is -1.94. The van der Waals surface area contributed by atoms with Gasteiger partial charge in [-0.3, -0.25) is 4.98 Å². The predicted molar refractivity (Wildman–Crippen MR) is 77.3 cm³/mol. The summed E-state index contributed by atoms with van der Waals surface area (Å²) in [6.07, 6.45) is 2.57. The minimum Gasteiger partial charge on any atom is -0.494 e. The smallest absolute Gasteiger partial charge is 0.146 e. The van der Waals surface area contributed by atoms with Gasteiger partial charge in [-0.05, 0) is 43.3 Å². The second-order valence-electron chi connectivity index (χ2n) is 4.51. The third-order valence-corrected chi connectivity index (χ3v) is 3.04. The predicted octanol–water partition coefficient (Wildman–Crippen LogP) is 3.32. The van der Waals surface area contributed by atoms with Crippen molar-refractivity contribution in [2.24, 2.45) is 0 Å². The molecule has 20 heavy (non-hydrogen) atoms. The Morgan fingerprint density at radius 1 is 1.25 bits per heavy atom. The molecule has 1 heterocycles. The highest BCUT2D eigenvalue weighted by Gasteiger charge is 2.17. The van der Waals surface area contributed by atoms with Gasteiger partial charge in [0, 0.05) is 6.20 Å². The van der Waals surface area contributed by atoms with Crippen LogP contribution < -0.4 is 10.1 Å². The lowest BCUT2D eigenvalue weighted by molar-refractivity contribution is 0.317. The molecule has 0 saturated carbocycles. The maximum atomic E-state index is 13.8. The molecule has 0 aliphatic carbocycles. The van der Waals surface area contributed by atoms with Crippen molar-refractivity contribution in [3.63, 3.8) is 0 Å². The molecule has 1 atom stereocenters. The van der Waals surface area contributed by atoms with Crippen LogP contribution in [0.3, 0.4) is 0 Å². The molecule has 0 spiro atoms. The topological polar surface area (TPSA) is 34.1 Å². The molecular weight excluding hydrogens is 255 g/mol. The maximum Gasteiger partial charge on any atom is 0.146 e. The fourth-order valence-corrected chi connectivity index (χ4v) is 2.05. The lowest BCUT2D eigenvalue weighted by Crippen LogP contribution is -2.20. The molecule has 2 rings (SSSR count). The Balaban J connectivity index is 2.22. The lowest BCUT2D eigenvalue weighted by atomic mass is 10.0. The van der Waals surface area contributed by atoms with Crippen LogP contribution in [0.15, 0.2) is 42.6 Å². The van der Waals surface area contributed by atoms with E-state index in [1.165, 1.54) is 6.07 Å². The van der Waals surface area contributed by atoms with Gasteiger partial charge in [-0.1, -0.05) is 19.1 Å². The summed E-state index contributed by atoms with van der Waals surface area (Å²) in [5.74, 6) is 0.519. The molecule has 3 nitrogen and oxygen atoms in total. The van der Waals surface area contributed by atoms with Crippen molar-refractivity contribution >= 4 is 0 Å². The normalized spacial score (nSPS) is 12.2. The zero-order chi connectivity index (χ0) is 14.4. The van der Waals surface area contributed by atoms with Gasteiger partial charge >= 0.3 is 0 Å². The molecule has 1 aromatic carbocycles. The monoisotopic (exact) mass is 274 g/mol. The molecule has 0 radical (unpaired) electrons. The highest BCUT2D eigenvalue weighted by molar-refractivity contribution is 5.33. The molecule has 1 unspecified atom stereocenters. The van der Waals surface area contributed by atoms with E-state index in [0.29, 0.717) is 12.3 Å². The SMILES string of the molecule is CCCOc1ccc(C(NC)c2ncccc2F)cc1. The van der Waals surface area contributed by atoms with E-state index >= 15 is 0 Å². The van der Waals surface area contributed by atoms with Crippen molar-refractivity contribution < 1.29 is 9.13 Å². The average molecular weight is 274 g/mol. The molecular formula is C16H19FN2O. The third kappa shape index (κ3) is 3.33. The van der Waals surface area contributed by atoms with Crippen molar-refractivity contribution in [1.29, 1.82) is 0 Å². The van der Waals surface area contributed by atoms with E-state index in [4.69, 9.17) is 4.74 Å². The molecule has 4 heteroatoms. The van der Waals surface area contributed by atoms with Gasteiger partial charge in [0.15, 0.2) is 0 Å². The molecule has 0 bridgehead atoms. The van der Waals surface area contributed by atoms with Crippen LogP contribution in [0.5, 0.6) is 5.75 Å². The summed E-state index contributed by atoms with van der Waals surface area (Å²) in [6.45, 7) is 2.76. The molecule has 0 aliphatic heterocycles. The van der Waals surface area contributed by atoms with E-state index in [2.05, 4.69) is 17.2 Å². The van der Waals surface area contributed by atoms with Crippen LogP contribution in [0.2, 0.25) is 0 Å². The Labute approximate surface area is 118 Å². The second kappa shape index (κ2) is 7.01. The summed E-state index contributed by atoms with van der Waals surface area (Å²) in [7, 11) is 1.79. The van der Waals surface area contributed by atoms with Crippen LogP contribution in [0.1, 0.15) is 30.6 Å². The molecule has 1 N–H and O–H groups in total. The first-order chi connectivity index (χ1) is 9.76. The van der Waals surface area contributed by atoms with Gasteiger partial charge in [0.05, 0.1) is 18.3 Å². The molecule has 0 fully saturated rings. The number of halogens is 1. The Morgan fingerprint density at radius 2 is 2.00 bits per heavy atom. The summed E-state index contributed by atoms with van der Waals surface area (Å²) >= 11 is 0. The van der Waals surface area contributed by atoms with Crippen molar-refractivity contribution in [3.05, 3.63) is 59.7 Å². The first-order valence-corrected chi connectivity index (χ1v) is 6.76. The van der Waals surface area contributed by atoms with E-state index in [-0.39, 0.29) is 11.9 Å². The van der Waals surface area contributed by atoms with Gasteiger partial charge < -0.3 is 10.1 Å². The quantitative estimate of drug-likeness (QED) is 0.877. The molecule has 1 aromatic heterocycles. The third-order valence-electron chi connectivity index (χ3n) is 3.04. The standard InChI is InChI=1S/C16H19FN2O/c1-3-11-20-13-8-6-12(7-9-13)15(18-2)16-14(17)5-4-10-19-16/h4-10,15,18H,3,11H2,1-2H3. The minimum atomic E-state index is -0.307. The lowest BCUT2D eigenvalue weighted by Gasteiger charge is -2.17. The summed E-state index contributed by atoms with van der Waals surface area (Å²) in [6, 6.07) is 10.4. The molecule has 0 saturated heterocycles. The summed E-state index contributed by atoms with van der Waals surface area (Å²) in [5, 5.41) is 3.09. The van der Waals surface area contributed by atoms with Crippen LogP contribution >= 0.6 is 0 Å². The number of aromatic nitrogens is 1. The second-order valence-corrected chi connectivity index (χ2v) is 4.51. The first-order valence-electron chi connectivity index (χ1n) is 6.76. The highest BCUT2D eigenvalue weighted by atomic mass is 19.1. The molecule has 0 aliphatic rings. The number of nitrogens with one attached hydrogen (secondary N) is 1. The first kappa shape index (κ1) is 14.5.